The van der Waals surface area contributed by atoms with E-state index in [1.54, 1.807) is 13.3 Å². The maximum absolute atomic E-state index is 12.3. The Morgan fingerprint density at radius 1 is 1.40 bits per heavy atom. The van der Waals surface area contributed by atoms with Crippen molar-refractivity contribution >= 4 is 11.7 Å². The average Bonchev–Trinajstić information content (AvgIpc) is 2.63. The number of ether oxygens (including phenoxy) is 1. The molecule has 2 aromatic rings. The van der Waals surface area contributed by atoms with Gasteiger partial charge in [0.15, 0.2) is 5.82 Å². The van der Waals surface area contributed by atoms with Crippen LogP contribution in [0.2, 0.25) is 0 Å². The van der Waals surface area contributed by atoms with E-state index in [0.29, 0.717) is 18.8 Å². The Hall–Kier alpha value is -2.83. The van der Waals surface area contributed by atoms with E-state index in [1.165, 1.54) is 6.20 Å². The summed E-state index contributed by atoms with van der Waals surface area (Å²) in [5.41, 5.74) is 0.736. The Morgan fingerprint density at radius 3 is 2.92 bits per heavy atom. The highest BCUT2D eigenvalue weighted by Gasteiger charge is 2.23. The summed E-state index contributed by atoms with van der Waals surface area (Å²) >= 11 is 0. The molecule has 1 fully saturated rings. The van der Waals surface area contributed by atoms with Crippen molar-refractivity contribution in [2.45, 2.75) is 25.3 Å². The lowest BCUT2D eigenvalue weighted by Crippen LogP contribution is -2.49. The highest BCUT2D eigenvalue weighted by atomic mass is 16.5. The first-order valence-corrected chi connectivity index (χ1v) is 8.36. The molecule has 0 bridgehead atoms. The van der Waals surface area contributed by atoms with Gasteiger partial charge in [0.1, 0.15) is 5.75 Å². The lowest BCUT2D eigenvalue weighted by atomic mass is 10.0. The number of piperidine rings is 1. The van der Waals surface area contributed by atoms with Crippen LogP contribution in [0.25, 0.3) is 0 Å². The number of rotatable bonds is 5. The predicted molar refractivity (Wildman–Crippen MR) is 94.9 cm³/mol. The van der Waals surface area contributed by atoms with Gasteiger partial charge >= 0.3 is 0 Å². The van der Waals surface area contributed by atoms with Gasteiger partial charge in [0, 0.05) is 31.5 Å². The number of nitrogens with zero attached hydrogens (tertiary/aromatic N) is 2. The number of nitrogens with one attached hydrogen (secondary N) is 2. The Labute approximate surface area is 146 Å². The van der Waals surface area contributed by atoms with Crippen molar-refractivity contribution in [1.29, 1.82) is 0 Å². The Kier molecular flexibility index (Phi) is 5.33. The van der Waals surface area contributed by atoms with E-state index in [-0.39, 0.29) is 17.5 Å². The zero-order valence-electron chi connectivity index (χ0n) is 14.2. The summed E-state index contributed by atoms with van der Waals surface area (Å²) in [6, 6.07) is 7.48. The Balaban J connectivity index is 1.57. The molecule has 0 unspecified atom stereocenters. The number of benzene rings is 1. The number of amides is 1. The molecule has 7 nitrogen and oxygen atoms in total. The molecule has 0 saturated carbocycles. The molecular formula is C18H22N4O3. The van der Waals surface area contributed by atoms with Crippen LogP contribution >= 0.6 is 0 Å². The fraction of sp³-hybridized carbons (Fsp3) is 0.389. The van der Waals surface area contributed by atoms with Crippen molar-refractivity contribution in [2.75, 3.05) is 25.1 Å². The van der Waals surface area contributed by atoms with E-state index >= 15 is 0 Å². The van der Waals surface area contributed by atoms with Crippen LogP contribution in [0.5, 0.6) is 5.75 Å². The molecule has 1 aromatic carbocycles. The van der Waals surface area contributed by atoms with Crippen molar-refractivity contribution < 1.29 is 9.53 Å². The van der Waals surface area contributed by atoms with Gasteiger partial charge in [0.05, 0.1) is 13.5 Å². The molecule has 0 radical (unpaired) electrons. The van der Waals surface area contributed by atoms with Gasteiger partial charge in [-0.3, -0.25) is 9.59 Å². The SMILES string of the molecule is COc1ccc(CC(=O)N[C@@H]2CCCN(c3ncc[nH]c3=O)C2)cc1. The number of methoxy groups -OCH3 is 1. The Morgan fingerprint density at radius 2 is 2.20 bits per heavy atom. The minimum absolute atomic E-state index is 0.0147. The molecular weight excluding hydrogens is 320 g/mol. The molecule has 25 heavy (non-hydrogen) atoms. The van der Waals surface area contributed by atoms with Crippen LogP contribution in [0, 0.1) is 0 Å². The Bertz CT molecular complexity index is 772. The molecule has 1 aromatic heterocycles. The zero-order chi connectivity index (χ0) is 17.6. The molecule has 0 aliphatic carbocycles. The molecule has 2 N–H and O–H groups in total. The van der Waals surface area contributed by atoms with Crippen LogP contribution in [0.15, 0.2) is 41.5 Å². The van der Waals surface area contributed by atoms with Crippen molar-refractivity contribution in [3.63, 3.8) is 0 Å². The maximum atomic E-state index is 12.3. The van der Waals surface area contributed by atoms with Crippen LogP contribution in [0.1, 0.15) is 18.4 Å². The number of hydrogen-bond donors (Lipinski definition) is 2. The second-order valence-electron chi connectivity index (χ2n) is 6.12. The summed E-state index contributed by atoms with van der Waals surface area (Å²) in [4.78, 5) is 32.9. The van der Waals surface area contributed by atoms with Gasteiger partial charge in [-0.05, 0) is 30.5 Å². The van der Waals surface area contributed by atoms with E-state index in [4.69, 9.17) is 4.74 Å². The summed E-state index contributed by atoms with van der Waals surface area (Å²) < 4.78 is 5.12. The van der Waals surface area contributed by atoms with Crippen LogP contribution in [-0.4, -0.2) is 42.1 Å². The van der Waals surface area contributed by atoms with E-state index in [1.807, 2.05) is 29.2 Å². The third-order valence-corrected chi connectivity index (χ3v) is 4.30. The smallest absolute Gasteiger partial charge is 0.290 e. The van der Waals surface area contributed by atoms with E-state index in [2.05, 4.69) is 15.3 Å². The van der Waals surface area contributed by atoms with Gasteiger partial charge in [-0.1, -0.05) is 12.1 Å². The third kappa shape index (κ3) is 4.37. The molecule has 132 valence electrons. The summed E-state index contributed by atoms with van der Waals surface area (Å²) in [5, 5.41) is 3.06. The summed E-state index contributed by atoms with van der Waals surface area (Å²) in [5.74, 6) is 1.16. The average molecular weight is 342 g/mol. The van der Waals surface area contributed by atoms with Gasteiger partial charge < -0.3 is 19.9 Å². The molecule has 1 aliphatic heterocycles. The molecule has 7 heteroatoms. The number of H-pyrrole nitrogens is 1. The van der Waals surface area contributed by atoms with Gasteiger partial charge in [0.2, 0.25) is 5.91 Å². The summed E-state index contributed by atoms with van der Waals surface area (Å²) in [6.45, 7) is 1.36. The number of aromatic amines is 1. The first-order chi connectivity index (χ1) is 12.2. The fourth-order valence-electron chi connectivity index (χ4n) is 3.06. The van der Waals surface area contributed by atoms with E-state index in [0.717, 1.165) is 30.7 Å². The van der Waals surface area contributed by atoms with Gasteiger partial charge in [-0.15, -0.1) is 0 Å². The third-order valence-electron chi connectivity index (χ3n) is 4.30. The van der Waals surface area contributed by atoms with Gasteiger partial charge in [-0.2, -0.15) is 0 Å². The largest absolute Gasteiger partial charge is 0.497 e. The second kappa shape index (κ2) is 7.83. The number of anilines is 1. The standard InChI is InChI=1S/C18H22N4O3/c1-25-15-6-4-13(5-7-15)11-16(23)21-14-3-2-10-22(12-14)17-18(24)20-9-8-19-17/h4-9,14H,2-3,10-12H2,1H3,(H,20,24)(H,21,23)/t14-/m1/s1. The van der Waals surface area contributed by atoms with E-state index < -0.39 is 0 Å². The first kappa shape index (κ1) is 17.0. The lowest BCUT2D eigenvalue weighted by molar-refractivity contribution is -0.121. The highest BCUT2D eigenvalue weighted by molar-refractivity contribution is 5.79. The van der Waals surface area contributed by atoms with Crippen molar-refractivity contribution in [3.05, 3.63) is 52.6 Å². The summed E-state index contributed by atoms with van der Waals surface area (Å²) in [7, 11) is 1.61. The van der Waals surface area contributed by atoms with Crippen LogP contribution in [-0.2, 0) is 11.2 Å². The van der Waals surface area contributed by atoms with Crippen molar-refractivity contribution in [1.82, 2.24) is 15.3 Å². The molecule has 0 spiro atoms. The molecule has 3 rings (SSSR count). The van der Waals surface area contributed by atoms with Crippen molar-refractivity contribution in [3.8, 4) is 5.75 Å². The van der Waals surface area contributed by atoms with Crippen LogP contribution in [0.4, 0.5) is 5.82 Å². The summed E-state index contributed by atoms with van der Waals surface area (Å²) in [6.07, 6.45) is 5.22. The minimum Gasteiger partial charge on any atom is -0.497 e. The minimum atomic E-state index is -0.201. The van der Waals surface area contributed by atoms with Crippen LogP contribution < -0.4 is 20.5 Å². The number of aromatic nitrogens is 2. The molecule has 2 heterocycles. The number of hydrogen-bond acceptors (Lipinski definition) is 5. The number of carbonyl (C=O) groups is 1. The highest BCUT2D eigenvalue weighted by Crippen LogP contribution is 2.15. The maximum Gasteiger partial charge on any atom is 0.290 e. The van der Waals surface area contributed by atoms with E-state index in [9.17, 15) is 9.59 Å². The number of carbonyl (C=O) groups excluding carboxylic acids is 1. The molecule has 1 saturated heterocycles. The second-order valence-corrected chi connectivity index (χ2v) is 6.12. The van der Waals surface area contributed by atoms with Crippen LogP contribution in [0.3, 0.4) is 0 Å². The normalized spacial score (nSPS) is 17.2. The predicted octanol–water partition coefficient (Wildman–Crippen LogP) is 1.11. The topological polar surface area (TPSA) is 87.3 Å². The monoisotopic (exact) mass is 342 g/mol. The first-order valence-electron chi connectivity index (χ1n) is 8.36. The molecule has 1 atom stereocenters. The molecule has 1 aliphatic rings. The quantitative estimate of drug-likeness (QED) is 0.850. The fourth-order valence-corrected chi connectivity index (χ4v) is 3.06. The zero-order valence-corrected chi connectivity index (χ0v) is 14.2. The molecule has 1 amide bonds. The van der Waals surface area contributed by atoms with Gasteiger partial charge in [-0.25, -0.2) is 4.98 Å². The van der Waals surface area contributed by atoms with Crippen molar-refractivity contribution in [2.24, 2.45) is 0 Å². The van der Waals surface area contributed by atoms with Gasteiger partial charge in [0.25, 0.3) is 5.56 Å². The lowest BCUT2D eigenvalue weighted by Gasteiger charge is -2.33.